The molecule has 10 heteroatoms. The molecule has 208 valence electrons. The predicted octanol–water partition coefficient (Wildman–Crippen LogP) is 4.05. The van der Waals surface area contributed by atoms with Gasteiger partial charge in [0.15, 0.2) is 0 Å². The minimum absolute atomic E-state index is 0.0673. The van der Waals surface area contributed by atoms with Crippen molar-refractivity contribution in [1.82, 2.24) is 14.5 Å². The van der Waals surface area contributed by atoms with E-state index >= 15 is 0 Å². The molecular weight excluding hydrogens is 524 g/mol. The fourth-order valence-corrected chi connectivity index (χ4v) is 6.95. The zero-order chi connectivity index (χ0) is 27.3. The van der Waals surface area contributed by atoms with Crippen LogP contribution in [0.3, 0.4) is 0 Å². The number of aryl methyl sites for hydroxylation is 1. The second-order valence-corrected chi connectivity index (χ2v) is 12.7. The number of carbonyl (C=O) groups excluding carboxylic acids is 1. The lowest BCUT2D eigenvalue weighted by atomic mass is 10.0. The number of hydrogen-bond donors (Lipinski definition) is 1. The largest absolute Gasteiger partial charge is 0.497 e. The summed E-state index contributed by atoms with van der Waals surface area (Å²) in [6.07, 6.45) is 4.29. The number of nitrogens with zero attached hydrogens (tertiary/aromatic N) is 3. The second-order valence-electron chi connectivity index (χ2n) is 10.3. The summed E-state index contributed by atoms with van der Waals surface area (Å²) in [7, 11) is -0.653. The van der Waals surface area contributed by atoms with Gasteiger partial charge in [0.2, 0.25) is 15.9 Å². The number of methoxy groups -OCH3 is 1. The van der Waals surface area contributed by atoms with Crippen molar-refractivity contribution >= 4 is 33.2 Å². The molecule has 2 aliphatic rings. The van der Waals surface area contributed by atoms with Crippen LogP contribution in [0.25, 0.3) is 0 Å². The third kappa shape index (κ3) is 7.00. The van der Waals surface area contributed by atoms with E-state index in [1.165, 1.54) is 29.8 Å². The lowest BCUT2D eigenvalue weighted by molar-refractivity contribution is -0.122. The number of halogens is 1. The van der Waals surface area contributed by atoms with Crippen molar-refractivity contribution in [3.05, 3.63) is 52.5 Å². The average Bonchev–Trinajstić information content (AvgIpc) is 3.40. The first-order valence-electron chi connectivity index (χ1n) is 13.3. The van der Waals surface area contributed by atoms with Crippen LogP contribution in [0.1, 0.15) is 43.2 Å². The number of piperidine rings is 1. The molecule has 0 bridgehead atoms. The molecule has 0 atom stereocenters. The topological polar surface area (TPSA) is 82.2 Å². The quantitative estimate of drug-likeness (QED) is 0.470. The lowest BCUT2D eigenvalue weighted by Gasteiger charge is -2.34. The minimum Gasteiger partial charge on any atom is -0.497 e. The molecule has 2 aliphatic heterocycles. The molecule has 2 aromatic rings. The molecule has 38 heavy (non-hydrogen) atoms. The van der Waals surface area contributed by atoms with Crippen molar-refractivity contribution in [1.29, 1.82) is 0 Å². The van der Waals surface area contributed by atoms with Gasteiger partial charge in [-0.25, -0.2) is 12.7 Å². The third-order valence-corrected chi connectivity index (χ3v) is 9.86. The zero-order valence-corrected chi connectivity index (χ0v) is 24.2. The van der Waals surface area contributed by atoms with Gasteiger partial charge in [-0.2, -0.15) is 0 Å². The molecule has 0 aromatic heterocycles. The van der Waals surface area contributed by atoms with Crippen LogP contribution >= 0.6 is 11.6 Å². The Morgan fingerprint density at radius 1 is 1.11 bits per heavy atom. The summed E-state index contributed by atoms with van der Waals surface area (Å²) in [6.45, 7) is 6.73. The molecule has 0 unspecified atom stereocenters. The van der Waals surface area contributed by atoms with Crippen LogP contribution in [0.4, 0.5) is 5.69 Å². The zero-order valence-electron chi connectivity index (χ0n) is 22.6. The Hall–Kier alpha value is -2.33. The minimum atomic E-state index is -3.70. The van der Waals surface area contributed by atoms with Gasteiger partial charge in [-0.05, 0) is 87.2 Å². The molecule has 2 aromatic carbocycles. The fourth-order valence-electron chi connectivity index (χ4n) is 5.25. The van der Waals surface area contributed by atoms with E-state index in [4.69, 9.17) is 16.3 Å². The Balaban J connectivity index is 1.23. The van der Waals surface area contributed by atoms with Crippen LogP contribution in [-0.2, 0) is 21.4 Å². The van der Waals surface area contributed by atoms with Crippen molar-refractivity contribution in [2.45, 2.75) is 56.5 Å². The van der Waals surface area contributed by atoms with Gasteiger partial charge in [0.25, 0.3) is 0 Å². The highest BCUT2D eigenvalue weighted by Gasteiger charge is 2.25. The van der Waals surface area contributed by atoms with E-state index in [0.29, 0.717) is 11.3 Å². The summed E-state index contributed by atoms with van der Waals surface area (Å²) in [5.41, 5.74) is 2.90. The van der Waals surface area contributed by atoms with Crippen LogP contribution in [0.2, 0.25) is 5.02 Å². The number of hydrogen-bond acceptors (Lipinski definition) is 6. The van der Waals surface area contributed by atoms with Gasteiger partial charge in [0.1, 0.15) is 5.75 Å². The maximum Gasteiger partial charge on any atom is 0.243 e. The molecule has 1 N–H and O–H groups in total. The molecule has 2 heterocycles. The standard InChI is InChI=1S/C28H39ClN4O4S/c1-21-18-24(37-3)7-9-27(21)38(35,36)31(2)15-12-28(34)30-23-10-16-33(17-11-23)26-8-6-22(19-25(26)29)20-32-13-4-5-14-32/h6-9,18-19,23H,4-5,10-17,20H2,1-3H3,(H,30,34). The number of ether oxygens (including phenoxy) is 1. The van der Waals surface area contributed by atoms with Crippen LogP contribution in [0.5, 0.6) is 5.75 Å². The summed E-state index contributed by atoms with van der Waals surface area (Å²) < 4.78 is 32.4. The van der Waals surface area contributed by atoms with Crippen molar-refractivity contribution in [2.24, 2.45) is 0 Å². The number of sulfonamides is 1. The highest BCUT2D eigenvalue weighted by atomic mass is 35.5. The van der Waals surface area contributed by atoms with Gasteiger partial charge in [-0.15, -0.1) is 0 Å². The lowest BCUT2D eigenvalue weighted by Crippen LogP contribution is -2.45. The number of amides is 1. The Morgan fingerprint density at radius 3 is 2.45 bits per heavy atom. The first-order chi connectivity index (χ1) is 18.2. The van der Waals surface area contributed by atoms with Gasteiger partial charge in [-0.1, -0.05) is 17.7 Å². The Morgan fingerprint density at radius 2 is 1.82 bits per heavy atom. The van der Waals surface area contributed by atoms with E-state index < -0.39 is 10.0 Å². The average molecular weight is 563 g/mol. The van der Waals surface area contributed by atoms with E-state index in [-0.39, 0.29) is 29.8 Å². The maximum absolute atomic E-state index is 13.0. The van der Waals surface area contributed by atoms with Gasteiger partial charge < -0.3 is 15.0 Å². The second kappa shape index (κ2) is 12.7. The molecule has 0 radical (unpaired) electrons. The van der Waals surface area contributed by atoms with Crippen LogP contribution in [0.15, 0.2) is 41.3 Å². The smallest absolute Gasteiger partial charge is 0.243 e. The number of anilines is 1. The van der Waals surface area contributed by atoms with Crippen LogP contribution in [0, 0.1) is 6.92 Å². The molecular formula is C28H39ClN4O4S. The van der Waals surface area contributed by atoms with Gasteiger partial charge in [0.05, 0.1) is 22.7 Å². The summed E-state index contributed by atoms with van der Waals surface area (Å²) in [5.74, 6) is 0.465. The van der Waals surface area contributed by atoms with E-state index in [0.717, 1.165) is 56.3 Å². The van der Waals surface area contributed by atoms with Crippen molar-refractivity contribution < 1.29 is 17.9 Å². The molecule has 0 spiro atoms. The Bertz CT molecular complexity index is 1230. The highest BCUT2D eigenvalue weighted by molar-refractivity contribution is 7.89. The summed E-state index contributed by atoms with van der Waals surface area (Å²) >= 11 is 6.66. The molecule has 2 saturated heterocycles. The van der Waals surface area contributed by atoms with Gasteiger partial charge in [-0.3, -0.25) is 9.69 Å². The van der Waals surface area contributed by atoms with E-state index in [9.17, 15) is 13.2 Å². The highest BCUT2D eigenvalue weighted by Crippen LogP contribution is 2.30. The SMILES string of the molecule is COc1ccc(S(=O)(=O)N(C)CCC(=O)NC2CCN(c3ccc(CN4CCCC4)cc3Cl)CC2)c(C)c1. The van der Waals surface area contributed by atoms with E-state index in [1.54, 1.807) is 32.2 Å². The normalized spacial score (nSPS) is 17.2. The molecule has 2 fully saturated rings. The molecule has 0 saturated carbocycles. The Labute approximate surface area is 231 Å². The van der Waals surface area contributed by atoms with Gasteiger partial charge in [0, 0.05) is 45.7 Å². The van der Waals surface area contributed by atoms with Gasteiger partial charge >= 0.3 is 0 Å². The summed E-state index contributed by atoms with van der Waals surface area (Å²) in [4.78, 5) is 17.6. The Kier molecular flexibility index (Phi) is 9.57. The first kappa shape index (κ1) is 28.7. The molecule has 8 nitrogen and oxygen atoms in total. The van der Waals surface area contributed by atoms with Crippen molar-refractivity contribution in [2.75, 3.05) is 51.8 Å². The number of benzene rings is 2. The van der Waals surface area contributed by atoms with Crippen LogP contribution < -0.4 is 15.0 Å². The van der Waals surface area contributed by atoms with Crippen molar-refractivity contribution in [3.63, 3.8) is 0 Å². The predicted molar refractivity (Wildman–Crippen MR) is 152 cm³/mol. The monoisotopic (exact) mass is 562 g/mol. The fraction of sp³-hybridized carbons (Fsp3) is 0.536. The molecule has 1 amide bonds. The number of carbonyl (C=O) groups is 1. The summed E-state index contributed by atoms with van der Waals surface area (Å²) in [6, 6.07) is 11.3. The molecule has 0 aliphatic carbocycles. The van der Waals surface area contributed by atoms with Crippen molar-refractivity contribution in [3.8, 4) is 5.75 Å². The third-order valence-electron chi connectivity index (χ3n) is 7.54. The van der Waals surface area contributed by atoms with E-state index in [2.05, 4.69) is 33.3 Å². The number of rotatable bonds is 10. The summed E-state index contributed by atoms with van der Waals surface area (Å²) in [5, 5.41) is 3.86. The number of likely N-dealkylation sites (tertiary alicyclic amines) is 1. The van der Waals surface area contributed by atoms with E-state index in [1.807, 2.05) is 0 Å². The van der Waals surface area contributed by atoms with Crippen LogP contribution in [-0.4, -0.2) is 76.5 Å². The molecule has 4 rings (SSSR count). The number of nitrogens with one attached hydrogen (secondary N) is 1. The maximum atomic E-state index is 13.0. The first-order valence-corrected chi connectivity index (χ1v) is 15.2.